The molecule has 2 saturated heterocycles. The number of hydrogen-bond donors (Lipinski definition) is 1. The molecule has 2 aliphatic heterocycles. The molecule has 0 unspecified atom stereocenters. The first-order valence-electron chi connectivity index (χ1n) is 8.24. The van der Waals surface area contributed by atoms with Crippen LogP contribution in [0.25, 0.3) is 0 Å². The highest BCUT2D eigenvalue weighted by atomic mass is 16.8. The highest BCUT2D eigenvalue weighted by Gasteiger charge is 2.53. The predicted octanol–water partition coefficient (Wildman–Crippen LogP) is 0.887. The first-order chi connectivity index (χ1) is 10.6. The summed E-state index contributed by atoms with van der Waals surface area (Å²) in [5.41, 5.74) is 0. The van der Waals surface area contributed by atoms with Gasteiger partial charge in [0.15, 0.2) is 17.7 Å². The van der Waals surface area contributed by atoms with Crippen LogP contribution in [0.4, 0.5) is 0 Å². The summed E-state index contributed by atoms with van der Waals surface area (Å²) < 4.78 is 23.1. The largest absolute Gasteiger partial charge is 0.380 e. The summed E-state index contributed by atoms with van der Waals surface area (Å²) in [5.74, 6) is -1.96. The number of aliphatic hydroxyl groups is 1. The fraction of sp³-hybridized carbons (Fsp3) is 0.938. The van der Waals surface area contributed by atoms with Gasteiger partial charge in [0.05, 0.1) is 6.61 Å². The Hall–Kier alpha value is -0.730. The molecule has 2 aliphatic rings. The van der Waals surface area contributed by atoms with Crippen LogP contribution in [0.5, 0.6) is 0 Å². The van der Waals surface area contributed by atoms with Gasteiger partial charge in [-0.2, -0.15) is 0 Å². The molecule has 0 aromatic rings. The Morgan fingerprint density at radius 1 is 1.13 bits per heavy atom. The van der Waals surface area contributed by atoms with E-state index in [1.807, 2.05) is 27.7 Å². The standard InChI is InChI=1S/C16H29NO6/c1-7-17(8-2)14(19)11(18)13-12(22-16(5,6)23-13)10-9-20-15(3,4)21-10/h10-13,18H,7-9H2,1-6H3/t10-,11-,12-,13-/m1/s1. The second-order valence-corrected chi connectivity index (χ2v) is 6.89. The van der Waals surface area contributed by atoms with Crippen LogP contribution in [0, 0.1) is 0 Å². The number of nitrogens with zero attached hydrogens (tertiary/aromatic N) is 1. The molecule has 0 radical (unpaired) electrons. The molecule has 0 bridgehead atoms. The van der Waals surface area contributed by atoms with Gasteiger partial charge in [-0.3, -0.25) is 4.79 Å². The number of likely N-dealkylation sites (N-methyl/N-ethyl adjacent to an activating group) is 1. The van der Waals surface area contributed by atoms with Crippen molar-refractivity contribution < 1.29 is 28.8 Å². The van der Waals surface area contributed by atoms with Crippen molar-refractivity contribution in [2.24, 2.45) is 0 Å². The van der Waals surface area contributed by atoms with Crippen molar-refractivity contribution in [3.05, 3.63) is 0 Å². The smallest absolute Gasteiger partial charge is 0.254 e. The van der Waals surface area contributed by atoms with Crippen LogP contribution >= 0.6 is 0 Å². The van der Waals surface area contributed by atoms with Crippen LogP contribution in [0.15, 0.2) is 0 Å². The maximum Gasteiger partial charge on any atom is 0.254 e. The molecular weight excluding hydrogens is 302 g/mol. The Balaban J connectivity index is 2.15. The van der Waals surface area contributed by atoms with Gasteiger partial charge in [-0.05, 0) is 41.5 Å². The molecular formula is C16H29NO6. The van der Waals surface area contributed by atoms with E-state index >= 15 is 0 Å². The second kappa shape index (κ2) is 6.64. The first-order valence-corrected chi connectivity index (χ1v) is 8.24. The van der Waals surface area contributed by atoms with E-state index in [2.05, 4.69) is 0 Å². The minimum absolute atomic E-state index is 0.333. The number of hydrogen-bond acceptors (Lipinski definition) is 6. The summed E-state index contributed by atoms with van der Waals surface area (Å²) >= 11 is 0. The van der Waals surface area contributed by atoms with Gasteiger partial charge in [0.1, 0.15) is 18.3 Å². The van der Waals surface area contributed by atoms with Gasteiger partial charge in [-0.1, -0.05) is 0 Å². The highest BCUT2D eigenvalue weighted by Crippen LogP contribution is 2.37. The van der Waals surface area contributed by atoms with Gasteiger partial charge in [0, 0.05) is 13.1 Å². The molecule has 4 atom stereocenters. The van der Waals surface area contributed by atoms with E-state index in [4.69, 9.17) is 18.9 Å². The van der Waals surface area contributed by atoms with Gasteiger partial charge in [-0.15, -0.1) is 0 Å². The topological polar surface area (TPSA) is 77.5 Å². The average molecular weight is 331 g/mol. The molecule has 7 nitrogen and oxygen atoms in total. The molecule has 0 saturated carbocycles. The van der Waals surface area contributed by atoms with Gasteiger partial charge in [0.2, 0.25) is 0 Å². The molecule has 23 heavy (non-hydrogen) atoms. The fourth-order valence-electron chi connectivity index (χ4n) is 3.09. The molecule has 0 aliphatic carbocycles. The zero-order valence-electron chi connectivity index (χ0n) is 14.9. The molecule has 0 aromatic heterocycles. The lowest BCUT2D eigenvalue weighted by Crippen LogP contribution is -2.51. The Bertz CT molecular complexity index is 434. The molecule has 1 N–H and O–H groups in total. The Labute approximate surface area is 137 Å². The first kappa shape index (κ1) is 18.6. The van der Waals surface area contributed by atoms with Crippen molar-refractivity contribution in [3.63, 3.8) is 0 Å². The maximum atomic E-state index is 12.5. The van der Waals surface area contributed by atoms with Crippen molar-refractivity contribution in [3.8, 4) is 0 Å². The van der Waals surface area contributed by atoms with E-state index in [0.29, 0.717) is 19.7 Å². The van der Waals surface area contributed by atoms with Crippen LogP contribution in [0.3, 0.4) is 0 Å². The average Bonchev–Trinajstić information content (AvgIpc) is 2.98. The van der Waals surface area contributed by atoms with Crippen molar-refractivity contribution in [2.75, 3.05) is 19.7 Å². The number of carbonyl (C=O) groups excluding carboxylic acids is 1. The van der Waals surface area contributed by atoms with Crippen LogP contribution in [0.1, 0.15) is 41.5 Å². The zero-order valence-corrected chi connectivity index (χ0v) is 14.9. The summed E-state index contributed by atoms with van der Waals surface area (Å²) in [6.45, 7) is 12.3. The molecule has 2 rings (SSSR count). The summed E-state index contributed by atoms with van der Waals surface area (Å²) in [7, 11) is 0. The van der Waals surface area contributed by atoms with Crippen molar-refractivity contribution >= 4 is 5.91 Å². The lowest BCUT2D eigenvalue weighted by atomic mass is 10.0. The molecule has 2 fully saturated rings. The molecule has 1 amide bonds. The normalized spacial score (nSPS) is 33.6. The number of ether oxygens (including phenoxy) is 4. The monoisotopic (exact) mass is 331 g/mol. The quantitative estimate of drug-likeness (QED) is 0.806. The van der Waals surface area contributed by atoms with Crippen molar-refractivity contribution in [1.82, 2.24) is 4.90 Å². The van der Waals surface area contributed by atoms with Gasteiger partial charge < -0.3 is 29.0 Å². The van der Waals surface area contributed by atoms with Crippen molar-refractivity contribution in [1.29, 1.82) is 0 Å². The third kappa shape index (κ3) is 4.03. The Morgan fingerprint density at radius 2 is 1.74 bits per heavy atom. The minimum Gasteiger partial charge on any atom is -0.380 e. The van der Waals surface area contributed by atoms with E-state index in [9.17, 15) is 9.90 Å². The van der Waals surface area contributed by atoms with Gasteiger partial charge in [-0.25, -0.2) is 0 Å². The Kier molecular flexibility index (Phi) is 5.37. The van der Waals surface area contributed by atoms with Crippen LogP contribution in [0.2, 0.25) is 0 Å². The molecule has 7 heteroatoms. The molecule has 0 aromatic carbocycles. The third-order valence-electron chi connectivity index (χ3n) is 4.20. The molecule has 134 valence electrons. The molecule has 2 heterocycles. The van der Waals surface area contributed by atoms with E-state index in [0.717, 1.165) is 0 Å². The van der Waals surface area contributed by atoms with E-state index in [1.165, 1.54) is 0 Å². The van der Waals surface area contributed by atoms with Crippen LogP contribution in [-0.2, 0) is 23.7 Å². The van der Waals surface area contributed by atoms with Gasteiger partial charge >= 0.3 is 0 Å². The highest BCUT2D eigenvalue weighted by molar-refractivity contribution is 5.81. The summed E-state index contributed by atoms with van der Waals surface area (Å²) in [4.78, 5) is 14.0. The zero-order chi connectivity index (χ0) is 17.4. The lowest BCUT2D eigenvalue weighted by Gasteiger charge is -2.29. The number of carbonyl (C=O) groups is 1. The Morgan fingerprint density at radius 3 is 2.22 bits per heavy atom. The summed E-state index contributed by atoms with van der Waals surface area (Å²) in [5, 5.41) is 10.6. The van der Waals surface area contributed by atoms with Crippen LogP contribution in [-0.4, -0.2) is 71.6 Å². The second-order valence-electron chi connectivity index (χ2n) is 6.89. The summed E-state index contributed by atoms with van der Waals surface area (Å²) in [6, 6.07) is 0. The number of aliphatic hydroxyl groups excluding tert-OH is 1. The third-order valence-corrected chi connectivity index (χ3v) is 4.20. The van der Waals surface area contributed by atoms with Crippen LogP contribution < -0.4 is 0 Å². The number of rotatable bonds is 5. The molecule has 0 spiro atoms. The minimum atomic E-state index is -1.30. The predicted molar refractivity (Wildman–Crippen MR) is 82.7 cm³/mol. The van der Waals surface area contributed by atoms with E-state index in [1.54, 1.807) is 18.7 Å². The summed E-state index contributed by atoms with van der Waals surface area (Å²) in [6.07, 6.45) is -3.05. The lowest BCUT2D eigenvalue weighted by molar-refractivity contribution is -0.176. The maximum absolute atomic E-state index is 12.5. The number of amides is 1. The van der Waals surface area contributed by atoms with Gasteiger partial charge in [0.25, 0.3) is 5.91 Å². The fourth-order valence-corrected chi connectivity index (χ4v) is 3.09. The van der Waals surface area contributed by atoms with Crippen molar-refractivity contribution in [2.45, 2.75) is 77.5 Å². The van der Waals surface area contributed by atoms with E-state index in [-0.39, 0.29) is 5.91 Å². The SMILES string of the molecule is CCN(CC)C(=O)[C@H](O)[C@H]1OC(C)(C)O[C@@H]1[C@H]1COC(C)(C)O1. The van der Waals surface area contributed by atoms with E-state index < -0.39 is 36.0 Å².